The summed E-state index contributed by atoms with van der Waals surface area (Å²) in [5, 5.41) is 10.7. The molecule has 2 aromatic heterocycles. The van der Waals surface area contributed by atoms with Crippen LogP contribution in [0.2, 0.25) is 0 Å². The van der Waals surface area contributed by atoms with Crippen LogP contribution < -0.4 is 5.43 Å². The summed E-state index contributed by atoms with van der Waals surface area (Å²) >= 11 is 1.15. The average molecular weight is 389 g/mol. The lowest BCUT2D eigenvalue weighted by Crippen LogP contribution is -2.61. The number of thiazole rings is 1. The molecule has 1 atom stereocenters. The number of aryl methyl sites for hydroxylation is 1. The normalized spacial score (nSPS) is 19.7. The molecule has 2 fully saturated rings. The number of amides is 1. The molecule has 0 aliphatic heterocycles. The van der Waals surface area contributed by atoms with Gasteiger partial charge < -0.3 is 0 Å². The SMILES string of the molecule is Cc1sc(C#N)nc1C(=O)N(Nc1cc(F)nc(F)c1)[C@@H]1CCC12CCC2. The van der Waals surface area contributed by atoms with Gasteiger partial charge in [-0.25, -0.2) is 9.99 Å². The number of nitrogens with zero attached hydrogens (tertiary/aromatic N) is 4. The Morgan fingerprint density at radius 3 is 2.52 bits per heavy atom. The predicted molar refractivity (Wildman–Crippen MR) is 94.8 cm³/mol. The van der Waals surface area contributed by atoms with E-state index in [9.17, 15) is 13.6 Å². The van der Waals surface area contributed by atoms with E-state index in [0.717, 1.165) is 55.6 Å². The van der Waals surface area contributed by atoms with Crippen molar-refractivity contribution >= 4 is 22.9 Å². The van der Waals surface area contributed by atoms with Crippen molar-refractivity contribution in [1.29, 1.82) is 5.26 Å². The maximum Gasteiger partial charge on any atom is 0.292 e. The third-order valence-corrected chi connectivity index (χ3v) is 6.48. The van der Waals surface area contributed by atoms with Crippen LogP contribution in [0, 0.1) is 35.6 Å². The van der Waals surface area contributed by atoms with Crippen molar-refractivity contribution in [1.82, 2.24) is 15.0 Å². The highest BCUT2D eigenvalue weighted by molar-refractivity contribution is 7.12. The van der Waals surface area contributed by atoms with Crippen molar-refractivity contribution in [2.75, 3.05) is 5.43 Å². The molecule has 1 spiro atoms. The number of rotatable bonds is 4. The van der Waals surface area contributed by atoms with Crippen LogP contribution in [0.5, 0.6) is 0 Å². The molecule has 2 aromatic rings. The molecule has 27 heavy (non-hydrogen) atoms. The number of anilines is 1. The molecule has 0 saturated heterocycles. The second-order valence-corrected chi connectivity index (χ2v) is 8.30. The van der Waals surface area contributed by atoms with Crippen LogP contribution in [0.3, 0.4) is 0 Å². The molecule has 2 heterocycles. The number of carbonyl (C=O) groups is 1. The number of nitriles is 1. The van der Waals surface area contributed by atoms with E-state index in [1.54, 1.807) is 6.92 Å². The first-order valence-electron chi connectivity index (χ1n) is 8.73. The molecular formula is C18H17F2N5OS. The highest BCUT2D eigenvalue weighted by Gasteiger charge is 2.54. The Balaban J connectivity index is 1.68. The van der Waals surface area contributed by atoms with Gasteiger partial charge >= 0.3 is 0 Å². The molecule has 0 aromatic carbocycles. The number of hydrogen-bond donors (Lipinski definition) is 1. The van der Waals surface area contributed by atoms with E-state index >= 15 is 0 Å². The third kappa shape index (κ3) is 3.04. The van der Waals surface area contributed by atoms with Crippen molar-refractivity contribution in [2.24, 2.45) is 5.41 Å². The smallest absolute Gasteiger partial charge is 0.292 e. The van der Waals surface area contributed by atoms with Crippen LogP contribution in [-0.4, -0.2) is 26.9 Å². The van der Waals surface area contributed by atoms with Gasteiger partial charge in [0.25, 0.3) is 5.91 Å². The fourth-order valence-electron chi connectivity index (χ4n) is 3.99. The minimum absolute atomic E-state index is 0.0643. The zero-order valence-corrected chi connectivity index (χ0v) is 15.4. The predicted octanol–water partition coefficient (Wildman–Crippen LogP) is 3.80. The van der Waals surface area contributed by atoms with Gasteiger partial charge in [-0.1, -0.05) is 6.42 Å². The topological polar surface area (TPSA) is 81.9 Å². The summed E-state index contributed by atoms with van der Waals surface area (Å²) in [5.74, 6) is -2.32. The molecule has 2 aliphatic carbocycles. The molecule has 0 bridgehead atoms. The number of aromatic nitrogens is 2. The van der Waals surface area contributed by atoms with Gasteiger partial charge in [-0.15, -0.1) is 11.3 Å². The van der Waals surface area contributed by atoms with E-state index in [2.05, 4.69) is 15.4 Å². The van der Waals surface area contributed by atoms with Gasteiger partial charge in [0.05, 0.1) is 11.7 Å². The molecule has 1 N–H and O–H groups in total. The van der Waals surface area contributed by atoms with Gasteiger partial charge in [0.1, 0.15) is 11.8 Å². The highest BCUT2D eigenvalue weighted by atomic mass is 32.1. The second kappa shape index (κ2) is 6.53. The van der Waals surface area contributed by atoms with Crippen molar-refractivity contribution in [3.63, 3.8) is 0 Å². The van der Waals surface area contributed by atoms with Gasteiger partial charge in [0, 0.05) is 17.0 Å². The van der Waals surface area contributed by atoms with Gasteiger partial charge in [0.2, 0.25) is 11.9 Å². The number of pyridine rings is 1. The van der Waals surface area contributed by atoms with Crippen LogP contribution in [0.25, 0.3) is 0 Å². The Hall–Kier alpha value is -2.60. The Bertz CT molecular complexity index is 924. The van der Waals surface area contributed by atoms with Gasteiger partial charge in [-0.2, -0.15) is 19.0 Å². The second-order valence-electron chi connectivity index (χ2n) is 7.09. The summed E-state index contributed by atoms with van der Waals surface area (Å²) < 4.78 is 27.0. The summed E-state index contributed by atoms with van der Waals surface area (Å²) in [6.07, 6.45) is 5.01. The van der Waals surface area contributed by atoms with E-state index < -0.39 is 11.9 Å². The summed E-state index contributed by atoms with van der Waals surface area (Å²) in [7, 11) is 0. The van der Waals surface area contributed by atoms with E-state index in [4.69, 9.17) is 5.26 Å². The molecule has 9 heteroatoms. The van der Waals surface area contributed by atoms with Crippen molar-refractivity contribution < 1.29 is 13.6 Å². The molecule has 4 rings (SSSR count). The van der Waals surface area contributed by atoms with Crippen LogP contribution >= 0.6 is 11.3 Å². The summed E-state index contributed by atoms with van der Waals surface area (Å²) in [5.41, 5.74) is 3.26. The van der Waals surface area contributed by atoms with Crippen molar-refractivity contribution in [3.05, 3.63) is 39.6 Å². The number of carbonyl (C=O) groups excluding carboxylic acids is 1. The molecule has 1 amide bonds. The fourth-order valence-corrected chi connectivity index (χ4v) is 4.70. The Labute approximate surface area is 158 Å². The quantitative estimate of drug-likeness (QED) is 0.635. The first kappa shape index (κ1) is 17.8. The Kier molecular flexibility index (Phi) is 4.30. The van der Waals surface area contributed by atoms with E-state index in [0.29, 0.717) is 4.88 Å². The number of nitrogens with one attached hydrogen (secondary N) is 1. The lowest BCUT2D eigenvalue weighted by atomic mass is 9.53. The molecule has 0 radical (unpaired) electrons. The van der Waals surface area contributed by atoms with Gasteiger partial charge in [0.15, 0.2) is 5.01 Å². The standard InChI is InChI=1S/C18H17F2N5OS/c1-10-16(23-15(9-21)27-10)17(26)25(12-3-6-18(12)4-2-5-18)24-11-7-13(19)22-14(20)8-11/h7-8,12H,2-6H2,1H3,(H,22,24)/t12-/m1/s1. The molecule has 6 nitrogen and oxygen atoms in total. The number of hydrazine groups is 1. The molecule has 0 unspecified atom stereocenters. The van der Waals surface area contributed by atoms with E-state index in [1.807, 2.05) is 6.07 Å². The molecule has 140 valence electrons. The maximum absolute atomic E-state index is 13.5. The van der Waals surface area contributed by atoms with E-state index in [-0.39, 0.29) is 33.8 Å². The zero-order valence-electron chi connectivity index (χ0n) is 14.6. The van der Waals surface area contributed by atoms with Crippen LogP contribution in [-0.2, 0) is 0 Å². The Morgan fingerprint density at radius 2 is 2.04 bits per heavy atom. The monoisotopic (exact) mass is 389 g/mol. The third-order valence-electron chi connectivity index (χ3n) is 5.61. The van der Waals surface area contributed by atoms with Crippen LogP contribution in [0.15, 0.2) is 12.1 Å². The van der Waals surface area contributed by atoms with Crippen molar-refractivity contribution in [2.45, 2.75) is 45.1 Å². The van der Waals surface area contributed by atoms with Crippen LogP contribution in [0.4, 0.5) is 14.5 Å². The minimum atomic E-state index is -0.964. The first-order valence-corrected chi connectivity index (χ1v) is 9.54. The molecule has 2 aliphatic rings. The zero-order chi connectivity index (χ0) is 19.2. The van der Waals surface area contributed by atoms with Crippen molar-refractivity contribution in [3.8, 4) is 6.07 Å². The Morgan fingerprint density at radius 1 is 1.33 bits per heavy atom. The maximum atomic E-state index is 13.5. The average Bonchev–Trinajstić information content (AvgIpc) is 2.91. The summed E-state index contributed by atoms with van der Waals surface area (Å²) in [6, 6.07) is 3.96. The fraction of sp³-hybridized carbons (Fsp3) is 0.444. The number of halogens is 2. The lowest BCUT2D eigenvalue weighted by Gasteiger charge is -2.59. The van der Waals surface area contributed by atoms with E-state index in [1.165, 1.54) is 5.01 Å². The van der Waals surface area contributed by atoms with Gasteiger partial charge in [-0.3, -0.25) is 10.2 Å². The minimum Gasteiger partial charge on any atom is -0.295 e. The van der Waals surface area contributed by atoms with Gasteiger partial charge in [-0.05, 0) is 38.0 Å². The molecular weight excluding hydrogens is 372 g/mol. The summed E-state index contributed by atoms with van der Waals surface area (Å²) in [6.45, 7) is 1.73. The largest absolute Gasteiger partial charge is 0.295 e. The summed E-state index contributed by atoms with van der Waals surface area (Å²) in [4.78, 5) is 21.1. The number of hydrogen-bond acceptors (Lipinski definition) is 6. The van der Waals surface area contributed by atoms with Crippen LogP contribution in [0.1, 0.15) is 52.5 Å². The molecule has 2 saturated carbocycles. The first-order chi connectivity index (χ1) is 12.9. The highest BCUT2D eigenvalue weighted by Crippen LogP contribution is 2.57. The lowest BCUT2D eigenvalue weighted by molar-refractivity contribution is -0.0630.